The topological polar surface area (TPSA) is 63.1 Å². The van der Waals surface area contributed by atoms with Gasteiger partial charge in [0.15, 0.2) is 5.13 Å². The summed E-state index contributed by atoms with van der Waals surface area (Å²) in [6, 6.07) is 10.1. The van der Waals surface area contributed by atoms with E-state index in [1.165, 1.54) is 0 Å². The average Bonchev–Trinajstić information content (AvgIpc) is 3.29. The molecule has 1 amide bonds. The van der Waals surface area contributed by atoms with Gasteiger partial charge in [0.2, 0.25) is 5.91 Å². The van der Waals surface area contributed by atoms with Crippen molar-refractivity contribution in [3.05, 3.63) is 42.9 Å². The molecule has 7 heteroatoms. The Morgan fingerprint density at radius 3 is 2.59 bits per heavy atom. The summed E-state index contributed by atoms with van der Waals surface area (Å²) in [7, 11) is 3.97. The van der Waals surface area contributed by atoms with Crippen LogP contribution in [-0.4, -0.2) is 41.1 Å². The Labute approximate surface area is 163 Å². The van der Waals surface area contributed by atoms with Crippen molar-refractivity contribution < 1.29 is 4.79 Å². The van der Waals surface area contributed by atoms with E-state index in [4.69, 9.17) is 0 Å². The summed E-state index contributed by atoms with van der Waals surface area (Å²) >= 11 is 1.63. The molecule has 0 saturated carbocycles. The smallest absolute Gasteiger partial charge is 0.222 e. The maximum Gasteiger partial charge on any atom is 0.222 e. The van der Waals surface area contributed by atoms with Crippen LogP contribution in [0, 0.1) is 5.92 Å². The van der Waals surface area contributed by atoms with Crippen molar-refractivity contribution in [1.82, 2.24) is 19.9 Å². The molecule has 27 heavy (non-hydrogen) atoms. The Bertz CT molecular complexity index is 898. The van der Waals surface area contributed by atoms with Crippen LogP contribution < -0.4 is 10.2 Å². The number of rotatable bonds is 7. The minimum Gasteiger partial charge on any atom is -0.354 e. The zero-order valence-corrected chi connectivity index (χ0v) is 17.0. The van der Waals surface area contributed by atoms with Gasteiger partial charge in [-0.25, -0.2) is 9.97 Å². The summed E-state index contributed by atoms with van der Waals surface area (Å²) in [6.07, 6.45) is 3.74. The predicted octanol–water partition coefficient (Wildman–Crippen LogP) is 3.51. The predicted molar refractivity (Wildman–Crippen MR) is 111 cm³/mol. The number of anilines is 1. The minimum atomic E-state index is -0.0173. The van der Waals surface area contributed by atoms with Gasteiger partial charge in [0, 0.05) is 44.9 Å². The van der Waals surface area contributed by atoms with Crippen molar-refractivity contribution in [2.24, 2.45) is 5.92 Å². The van der Waals surface area contributed by atoms with Crippen LogP contribution in [0.4, 0.5) is 5.13 Å². The summed E-state index contributed by atoms with van der Waals surface area (Å²) in [5, 5.41) is 3.92. The fraction of sp³-hybridized carbons (Fsp3) is 0.350. The van der Waals surface area contributed by atoms with E-state index in [1.54, 1.807) is 11.3 Å². The zero-order valence-electron chi connectivity index (χ0n) is 16.1. The van der Waals surface area contributed by atoms with Crippen molar-refractivity contribution in [3.63, 3.8) is 0 Å². The lowest BCUT2D eigenvalue weighted by Crippen LogP contribution is -2.30. The van der Waals surface area contributed by atoms with E-state index >= 15 is 0 Å². The molecule has 0 bridgehead atoms. The highest BCUT2D eigenvalue weighted by Crippen LogP contribution is 2.36. The zero-order chi connectivity index (χ0) is 19.4. The molecule has 0 fully saturated rings. The van der Waals surface area contributed by atoms with Gasteiger partial charge in [-0.1, -0.05) is 55.5 Å². The Balaban J connectivity index is 1.93. The molecule has 0 aliphatic rings. The van der Waals surface area contributed by atoms with Crippen LogP contribution in [0.2, 0.25) is 0 Å². The van der Waals surface area contributed by atoms with E-state index < -0.39 is 0 Å². The standard InChI is InChI=1S/C20H25N5OS/c1-14(2)19(26)21-10-11-25-13-23-17(15-8-6-5-7-9-15)18(25)16-12-22-20(27-16)24(3)4/h5-9,12-14H,10-11H2,1-4H3,(H,21,26). The number of amides is 1. The van der Waals surface area contributed by atoms with E-state index in [0.717, 1.165) is 27.0 Å². The monoisotopic (exact) mass is 383 g/mol. The van der Waals surface area contributed by atoms with Gasteiger partial charge in [-0.2, -0.15) is 0 Å². The molecule has 2 heterocycles. The molecule has 0 aliphatic heterocycles. The molecule has 1 N–H and O–H groups in total. The van der Waals surface area contributed by atoms with Gasteiger partial charge in [-0.05, 0) is 0 Å². The number of carbonyl (C=O) groups excluding carboxylic acids is 1. The largest absolute Gasteiger partial charge is 0.354 e. The van der Waals surface area contributed by atoms with Crippen molar-refractivity contribution in [2.75, 3.05) is 25.5 Å². The highest BCUT2D eigenvalue weighted by atomic mass is 32.1. The molecule has 0 radical (unpaired) electrons. The highest BCUT2D eigenvalue weighted by Gasteiger charge is 2.18. The molecular weight excluding hydrogens is 358 g/mol. The van der Waals surface area contributed by atoms with Gasteiger partial charge in [0.05, 0.1) is 22.6 Å². The molecular formula is C20H25N5OS. The van der Waals surface area contributed by atoms with E-state index in [9.17, 15) is 4.79 Å². The van der Waals surface area contributed by atoms with Gasteiger partial charge in [0.25, 0.3) is 0 Å². The molecule has 0 unspecified atom stereocenters. The third-order valence-electron chi connectivity index (χ3n) is 4.17. The molecule has 0 aliphatic carbocycles. The number of nitrogens with zero attached hydrogens (tertiary/aromatic N) is 4. The first kappa shape index (κ1) is 19.1. The van der Waals surface area contributed by atoms with Crippen molar-refractivity contribution in [1.29, 1.82) is 0 Å². The lowest BCUT2D eigenvalue weighted by Gasteiger charge is -2.11. The van der Waals surface area contributed by atoms with Crippen LogP contribution in [0.5, 0.6) is 0 Å². The third-order valence-corrected chi connectivity index (χ3v) is 5.34. The van der Waals surface area contributed by atoms with E-state index in [2.05, 4.69) is 32.0 Å². The van der Waals surface area contributed by atoms with Gasteiger partial charge < -0.3 is 14.8 Å². The molecule has 6 nitrogen and oxygen atoms in total. The minimum absolute atomic E-state index is 0.0173. The van der Waals surface area contributed by atoms with Gasteiger partial charge in [-0.3, -0.25) is 4.79 Å². The molecule has 1 aromatic carbocycles. The average molecular weight is 384 g/mol. The van der Waals surface area contributed by atoms with Crippen molar-refractivity contribution in [3.8, 4) is 21.8 Å². The van der Waals surface area contributed by atoms with Crippen molar-refractivity contribution >= 4 is 22.4 Å². The lowest BCUT2D eigenvalue weighted by atomic mass is 10.1. The number of thiazole rings is 1. The number of imidazole rings is 1. The first-order chi connectivity index (χ1) is 13.0. The van der Waals surface area contributed by atoms with Gasteiger partial charge in [-0.15, -0.1) is 0 Å². The van der Waals surface area contributed by atoms with Crippen LogP contribution in [-0.2, 0) is 11.3 Å². The van der Waals surface area contributed by atoms with Crippen LogP contribution >= 0.6 is 11.3 Å². The third kappa shape index (κ3) is 4.36. The van der Waals surface area contributed by atoms with Crippen LogP contribution in [0.1, 0.15) is 13.8 Å². The summed E-state index contributed by atoms with van der Waals surface area (Å²) in [6.45, 7) is 5.01. The number of carbonyl (C=O) groups is 1. The first-order valence-corrected chi connectivity index (χ1v) is 9.80. The number of aromatic nitrogens is 3. The SMILES string of the molecule is CC(C)C(=O)NCCn1cnc(-c2ccccc2)c1-c1cnc(N(C)C)s1. The number of nitrogens with one attached hydrogen (secondary N) is 1. The van der Waals surface area contributed by atoms with Crippen molar-refractivity contribution in [2.45, 2.75) is 20.4 Å². The molecule has 142 valence electrons. The Kier molecular flexibility index (Phi) is 5.91. The molecule has 0 spiro atoms. The van der Waals surface area contributed by atoms with E-state index in [-0.39, 0.29) is 11.8 Å². The second-order valence-corrected chi connectivity index (χ2v) is 7.86. The summed E-state index contributed by atoms with van der Waals surface area (Å²) in [5.41, 5.74) is 3.03. The van der Waals surface area contributed by atoms with Gasteiger partial charge >= 0.3 is 0 Å². The fourth-order valence-electron chi connectivity index (χ4n) is 2.70. The maximum atomic E-state index is 11.8. The summed E-state index contributed by atoms with van der Waals surface area (Å²) in [5.74, 6) is 0.0453. The molecule has 3 aromatic rings. The van der Waals surface area contributed by atoms with Gasteiger partial charge in [0.1, 0.15) is 0 Å². The Morgan fingerprint density at radius 2 is 1.96 bits per heavy atom. The first-order valence-electron chi connectivity index (χ1n) is 8.99. The Morgan fingerprint density at radius 1 is 1.22 bits per heavy atom. The van der Waals surface area contributed by atoms with E-state index in [0.29, 0.717) is 13.1 Å². The fourth-order valence-corrected chi connectivity index (χ4v) is 3.60. The lowest BCUT2D eigenvalue weighted by molar-refractivity contribution is -0.124. The highest BCUT2D eigenvalue weighted by molar-refractivity contribution is 7.18. The molecule has 0 atom stereocenters. The van der Waals surface area contributed by atoms with Crippen LogP contribution in [0.25, 0.3) is 21.8 Å². The van der Waals surface area contributed by atoms with Crippen LogP contribution in [0.3, 0.4) is 0 Å². The summed E-state index contributed by atoms with van der Waals surface area (Å²) < 4.78 is 2.09. The van der Waals surface area contributed by atoms with Crippen LogP contribution in [0.15, 0.2) is 42.9 Å². The second kappa shape index (κ2) is 8.35. The second-order valence-electron chi connectivity index (χ2n) is 6.85. The van der Waals surface area contributed by atoms with E-state index in [1.807, 2.05) is 63.6 Å². The quantitative estimate of drug-likeness (QED) is 0.678. The normalized spacial score (nSPS) is 11.0. The maximum absolute atomic E-state index is 11.8. The number of benzene rings is 1. The molecule has 2 aromatic heterocycles. The number of hydrogen-bond acceptors (Lipinski definition) is 5. The molecule has 3 rings (SSSR count). The number of hydrogen-bond donors (Lipinski definition) is 1. The Hall–Kier alpha value is -2.67. The molecule has 0 saturated heterocycles. The summed E-state index contributed by atoms with van der Waals surface area (Å²) in [4.78, 5) is 24.1.